The molecule has 2 aromatic rings. The predicted molar refractivity (Wildman–Crippen MR) is 147 cm³/mol. The number of sulfonamides is 1. The van der Waals surface area contributed by atoms with Crippen LogP contribution < -0.4 is 5.14 Å². The molecule has 0 radical (unpaired) electrons. The number of alkyl halides is 2. The second-order valence-electron chi connectivity index (χ2n) is 7.19. The van der Waals surface area contributed by atoms with E-state index in [2.05, 4.69) is 35.7 Å². The summed E-state index contributed by atoms with van der Waals surface area (Å²) in [6, 6.07) is 9.98. The summed E-state index contributed by atoms with van der Waals surface area (Å²) in [4.78, 5) is 17.5. The van der Waals surface area contributed by atoms with Crippen molar-refractivity contribution in [3.05, 3.63) is 88.9 Å². The molecule has 0 amide bonds. The summed E-state index contributed by atoms with van der Waals surface area (Å²) in [6.07, 6.45) is 0.893. The molecule has 0 fully saturated rings. The highest BCUT2D eigenvalue weighted by Crippen LogP contribution is 2.60. The minimum atomic E-state index is -5.55. The maximum Gasteiger partial charge on any atom is 0.399 e. The number of hydrogen-bond acceptors (Lipinski definition) is 5. The van der Waals surface area contributed by atoms with Crippen molar-refractivity contribution in [3.63, 3.8) is 0 Å². The van der Waals surface area contributed by atoms with Gasteiger partial charge in [-0.1, -0.05) is 59.3 Å². The number of thioether (sulfide) groups is 1. The second-order valence-corrected chi connectivity index (χ2v) is 12.2. The van der Waals surface area contributed by atoms with Crippen LogP contribution >= 0.6 is 35.3 Å². The van der Waals surface area contributed by atoms with E-state index < -0.39 is 28.8 Å². The van der Waals surface area contributed by atoms with Gasteiger partial charge in [0.25, 0.3) is 0 Å². The summed E-state index contributed by atoms with van der Waals surface area (Å²) in [6.45, 7) is 13.5. The quantitative estimate of drug-likeness (QED) is 0.144. The predicted octanol–water partition coefficient (Wildman–Crippen LogP) is 6.40. The molecule has 2 aromatic carbocycles. The van der Waals surface area contributed by atoms with Crippen LogP contribution in [0.4, 0.5) is 8.78 Å². The number of halogens is 3. The minimum Gasteiger partial charge on any atom is -0.320 e. The molecule has 200 valence electrons. The first-order valence-corrected chi connectivity index (χ1v) is 15.3. The van der Waals surface area contributed by atoms with Crippen LogP contribution in [0.3, 0.4) is 0 Å². The largest absolute Gasteiger partial charge is 0.399 e. The molecule has 7 nitrogen and oxygen atoms in total. The van der Waals surface area contributed by atoms with Gasteiger partial charge in [0.15, 0.2) is 0 Å². The molecule has 36 heavy (non-hydrogen) atoms. The molecule has 0 atom stereocenters. The summed E-state index contributed by atoms with van der Waals surface area (Å²) >= 11 is 4.56. The smallest absolute Gasteiger partial charge is 0.320 e. The Kier molecular flexibility index (Phi) is 14.2. The molecule has 0 unspecified atom stereocenters. The molecule has 5 N–H and O–H groups in total. The van der Waals surface area contributed by atoms with Gasteiger partial charge >= 0.3 is 13.3 Å². The number of hydrogen-bond donors (Lipinski definition) is 4. The van der Waals surface area contributed by atoms with E-state index in [9.17, 15) is 21.8 Å². The Hall–Kier alpha value is -1.66. The molecule has 0 aliphatic carbocycles. The Morgan fingerprint density at radius 2 is 1.81 bits per heavy atom. The molecule has 0 heterocycles. The van der Waals surface area contributed by atoms with Crippen molar-refractivity contribution in [2.75, 3.05) is 5.75 Å². The third-order valence-electron chi connectivity index (χ3n) is 4.39. The van der Waals surface area contributed by atoms with Crippen LogP contribution in [0.15, 0.2) is 77.1 Å². The maximum atomic E-state index is 13.6. The van der Waals surface area contributed by atoms with Crippen molar-refractivity contribution in [1.29, 1.82) is 5.41 Å². The minimum absolute atomic E-state index is 0.0109. The van der Waals surface area contributed by atoms with Crippen molar-refractivity contribution in [2.45, 2.75) is 36.6 Å². The molecule has 2 rings (SSSR count). The Morgan fingerprint density at radius 3 is 2.25 bits per heavy atom. The van der Waals surface area contributed by atoms with Crippen LogP contribution in [0, 0.1) is 5.41 Å². The van der Waals surface area contributed by atoms with Gasteiger partial charge in [-0.05, 0) is 42.7 Å². The third kappa shape index (κ3) is 10.8. The maximum absolute atomic E-state index is 13.6. The average Bonchev–Trinajstić information content (AvgIpc) is 2.79. The summed E-state index contributed by atoms with van der Waals surface area (Å²) in [5.74, 6) is 1.40. The first-order chi connectivity index (χ1) is 16.5. The SMILES string of the molecule is C=C.C=C(CC)CSCc1ccc(C(F)(F)P(=O)(O)O)c(Br)c1.CC(=N)c1cccc(S(N)(=O)=O)c1. The van der Waals surface area contributed by atoms with Crippen molar-refractivity contribution in [1.82, 2.24) is 0 Å². The van der Waals surface area contributed by atoms with Crippen LogP contribution in [0.5, 0.6) is 0 Å². The highest BCUT2D eigenvalue weighted by molar-refractivity contribution is 9.10. The zero-order valence-corrected chi connectivity index (χ0v) is 24.0. The standard InChI is InChI=1S/C13H16BrF2O3PS.C8H10N2O2S.C2H4/c1-3-9(2)7-21-8-10-4-5-11(12(14)6-10)13(15,16)20(17,18)19;1-6(9)7-3-2-4-8(5-7)13(10,11)12;1-2/h4-6H,2-3,7-8H2,1H3,(H2,17,18,19);2-5,9H,1H3,(H2,10,11,12);1-2H2. The molecule has 0 aliphatic rings. The Balaban J connectivity index is 0.000000698. The number of rotatable bonds is 9. The topological polar surface area (TPSA) is 142 Å². The van der Waals surface area contributed by atoms with Crippen LogP contribution in [-0.2, 0) is 26.0 Å². The lowest BCUT2D eigenvalue weighted by Gasteiger charge is -2.19. The van der Waals surface area contributed by atoms with E-state index in [1.807, 2.05) is 6.92 Å². The van der Waals surface area contributed by atoms with E-state index in [0.29, 0.717) is 17.0 Å². The molecule has 13 heteroatoms. The van der Waals surface area contributed by atoms with Crippen LogP contribution in [-0.4, -0.2) is 29.7 Å². The van der Waals surface area contributed by atoms with Gasteiger partial charge in [-0.2, -0.15) is 20.5 Å². The fourth-order valence-corrected chi connectivity index (χ4v) is 5.28. The normalized spacial score (nSPS) is 11.4. The molecule has 0 saturated heterocycles. The van der Waals surface area contributed by atoms with Crippen molar-refractivity contribution >= 4 is 51.0 Å². The monoisotopic (exact) mass is 626 g/mol. The van der Waals surface area contributed by atoms with Crippen LogP contribution in [0.1, 0.15) is 37.0 Å². The molecular formula is C23H30BrF2N2O5PS2. The van der Waals surface area contributed by atoms with E-state index in [-0.39, 0.29) is 9.37 Å². The van der Waals surface area contributed by atoms with Gasteiger partial charge in [0.1, 0.15) is 0 Å². The molecular weight excluding hydrogens is 597 g/mol. The zero-order valence-electron chi connectivity index (χ0n) is 19.9. The van der Waals surface area contributed by atoms with E-state index >= 15 is 0 Å². The highest BCUT2D eigenvalue weighted by Gasteiger charge is 2.51. The lowest BCUT2D eigenvalue weighted by molar-refractivity contribution is 0.0557. The van der Waals surface area contributed by atoms with E-state index in [1.54, 1.807) is 30.8 Å². The lowest BCUT2D eigenvalue weighted by atomic mass is 10.1. The van der Waals surface area contributed by atoms with Crippen molar-refractivity contribution in [2.24, 2.45) is 5.14 Å². The van der Waals surface area contributed by atoms with Crippen LogP contribution in [0.2, 0.25) is 0 Å². The lowest BCUT2D eigenvalue weighted by Crippen LogP contribution is -2.14. The molecule has 0 aliphatic heterocycles. The number of primary sulfonamides is 1. The van der Waals surface area contributed by atoms with Crippen LogP contribution in [0.25, 0.3) is 0 Å². The molecule has 0 bridgehead atoms. The van der Waals surface area contributed by atoms with Gasteiger partial charge in [-0.3, -0.25) is 4.57 Å². The van der Waals surface area contributed by atoms with E-state index in [0.717, 1.165) is 29.4 Å². The fraction of sp³-hybridized carbons (Fsp3) is 0.261. The Morgan fingerprint density at radius 1 is 1.22 bits per heavy atom. The van der Waals surface area contributed by atoms with E-state index in [1.165, 1.54) is 24.3 Å². The highest BCUT2D eigenvalue weighted by atomic mass is 79.9. The number of nitrogens with two attached hydrogens (primary N) is 1. The van der Waals surface area contributed by atoms with E-state index in [4.69, 9.17) is 20.3 Å². The first kappa shape index (κ1) is 34.3. The van der Waals surface area contributed by atoms with Gasteiger partial charge in [0, 0.05) is 27.3 Å². The van der Waals surface area contributed by atoms with Gasteiger partial charge in [0.2, 0.25) is 10.0 Å². The Bertz CT molecular complexity index is 1220. The van der Waals surface area contributed by atoms with Gasteiger partial charge in [-0.15, -0.1) is 13.2 Å². The average molecular weight is 628 g/mol. The molecule has 0 saturated carbocycles. The number of benzene rings is 2. The van der Waals surface area contributed by atoms with Crippen molar-refractivity contribution in [3.8, 4) is 0 Å². The zero-order chi connectivity index (χ0) is 28.3. The number of nitrogens with one attached hydrogen (secondary N) is 1. The fourth-order valence-electron chi connectivity index (χ4n) is 2.37. The molecule has 0 spiro atoms. The van der Waals surface area contributed by atoms with Crippen molar-refractivity contribution < 1.29 is 31.6 Å². The Labute approximate surface area is 223 Å². The first-order valence-electron chi connectivity index (χ1n) is 10.2. The summed E-state index contributed by atoms with van der Waals surface area (Å²) < 4.78 is 60.0. The third-order valence-corrected chi connectivity index (χ3v) is 8.08. The van der Waals surface area contributed by atoms with Gasteiger partial charge in [0.05, 0.1) is 4.90 Å². The van der Waals surface area contributed by atoms with Gasteiger partial charge < -0.3 is 15.2 Å². The second kappa shape index (κ2) is 14.9. The molecule has 0 aromatic heterocycles. The summed E-state index contributed by atoms with van der Waals surface area (Å²) in [7, 11) is -9.21. The summed E-state index contributed by atoms with van der Waals surface area (Å²) in [5, 5.41) is 12.2. The van der Waals surface area contributed by atoms with Gasteiger partial charge in [-0.25, -0.2) is 13.6 Å². The summed E-state index contributed by atoms with van der Waals surface area (Å²) in [5.41, 5.74) is -2.14.